The summed E-state index contributed by atoms with van der Waals surface area (Å²) in [6.45, 7) is 3.54. The Hall–Kier alpha value is -3.47. The van der Waals surface area contributed by atoms with Crippen LogP contribution in [0.15, 0.2) is 48.5 Å². The largest absolute Gasteiger partial charge is 0.496 e. The summed E-state index contributed by atoms with van der Waals surface area (Å²) in [4.78, 5) is 14.5. The molecule has 5 rings (SSSR count). The maximum Gasteiger partial charge on any atom is 0.416 e. The molecule has 2 fully saturated rings. The number of amides is 1. The first-order valence-corrected chi connectivity index (χ1v) is 13.4. The number of nitrogens with zero attached hydrogens (tertiary/aromatic N) is 1. The molecule has 2 aliphatic rings. The van der Waals surface area contributed by atoms with Crippen LogP contribution < -0.4 is 4.74 Å². The van der Waals surface area contributed by atoms with Crippen LogP contribution in [0.2, 0.25) is 5.02 Å². The summed E-state index contributed by atoms with van der Waals surface area (Å²) in [5.74, 6) is -0.698. The number of ether oxygens (including phenoxy) is 2. The lowest BCUT2D eigenvalue weighted by Crippen LogP contribution is -2.31. The van der Waals surface area contributed by atoms with Crippen LogP contribution in [0.4, 0.5) is 35.5 Å². The summed E-state index contributed by atoms with van der Waals surface area (Å²) in [5.41, 5.74) is -0.853. The standard InChI is InChI=1S/C30H25ClF7NO3/c1-14(2)20-12-22(26(41-3)13-23(20)32)19-5-4-16(29(33,34)35)11-21(19)24-6-7-25-27(42-28(40)39(24)25)15-8-17(30(36,37)38)10-18(31)9-15/h4-5,8-14,24-25,27H,6-7H2,1-3H3/t24?,25-,27+/m0/s1. The lowest BCUT2D eigenvalue weighted by Gasteiger charge is -2.26. The second-order valence-electron chi connectivity index (χ2n) is 10.7. The molecule has 1 amide bonds. The van der Waals surface area contributed by atoms with Crippen LogP contribution in [-0.4, -0.2) is 24.1 Å². The van der Waals surface area contributed by atoms with Crippen LogP contribution in [-0.2, 0) is 17.1 Å². The minimum atomic E-state index is -4.70. The summed E-state index contributed by atoms with van der Waals surface area (Å²) >= 11 is 5.96. The lowest BCUT2D eigenvalue weighted by molar-refractivity contribution is -0.138. The minimum Gasteiger partial charge on any atom is -0.496 e. The first-order chi connectivity index (χ1) is 19.6. The van der Waals surface area contributed by atoms with Crippen LogP contribution in [0.5, 0.6) is 5.75 Å². The van der Waals surface area contributed by atoms with Crippen molar-refractivity contribution in [3.8, 4) is 16.9 Å². The molecule has 0 aromatic heterocycles. The smallest absolute Gasteiger partial charge is 0.416 e. The zero-order valence-corrected chi connectivity index (χ0v) is 23.3. The Kier molecular flexibility index (Phi) is 7.62. The highest BCUT2D eigenvalue weighted by Crippen LogP contribution is 2.51. The van der Waals surface area contributed by atoms with Crippen molar-refractivity contribution in [2.45, 2.75) is 63.1 Å². The molecule has 2 heterocycles. The van der Waals surface area contributed by atoms with Crippen molar-refractivity contribution in [3.05, 3.63) is 87.2 Å². The molecule has 42 heavy (non-hydrogen) atoms. The monoisotopic (exact) mass is 615 g/mol. The van der Waals surface area contributed by atoms with Crippen LogP contribution in [0.1, 0.15) is 72.6 Å². The van der Waals surface area contributed by atoms with E-state index in [9.17, 15) is 35.5 Å². The van der Waals surface area contributed by atoms with E-state index in [1.165, 1.54) is 36.3 Å². The maximum atomic E-state index is 14.8. The number of methoxy groups -OCH3 is 1. The van der Waals surface area contributed by atoms with Crippen LogP contribution in [0.25, 0.3) is 11.1 Å². The molecule has 0 bridgehead atoms. The maximum absolute atomic E-state index is 14.8. The van der Waals surface area contributed by atoms with Crippen molar-refractivity contribution in [2.24, 2.45) is 0 Å². The van der Waals surface area contributed by atoms with Gasteiger partial charge in [0.05, 0.1) is 30.3 Å². The molecule has 3 aromatic carbocycles. The van der Waals surface area contributed by atoms with E-state index >= 15 is 0 Å². The Morgan fingerprint density at radius 1 is 0.929 bits per heavy atom. The van der Waals surface area contributed by atoms with Gasteiger partial charge in [-0.25, -0.2) is 9.18 Å². The Morgan fingerprint density at radius 2 is 1.62 bits per heavy atom. The van der Waals surface area contributed by atoms with E-state index in [1.807, 2.05) is 0 Å². The van der Waals surface area contributed by atoms with E-state index in [0.717, 1.165) is 24.3 Å². The lowest BCUT2D eigenvalue weighted by atomic mass is 9.89. The van der Waals surface area contributed by atoms with Crippen molar-refractivity contribution < 1.29 is 45.0 Å². The van der Waals surface area contributed by atoms with Gasteiger partial charge in [0.1, 0.15) is 17.7 Å². The molecule has 1 unspecified atom stereocenters. The summed E-state index contributed by atoms with van der Waals surface area (Å²) in [6, 6.07) is 7.01. The van der Waals surface area contributed by atoms with Gasteiger partial charge in [0.15, 0.2) is 0 Å². The fourth-order valence-electron chi connectivity index (χ4n) is 5.84. The van der Waals surface area contributed by atoms with Crippen molar-refractivity contribution in [2.75, 3.05) is 7.11 Å². The second-order valence-corrected chi connectivity index (χ2v) is 11.1. The van der Waals surface area contributed by atoms with Gasteiger partial charge in [0.2, 0.25) is 0 Å². The number of rotatable bonds is 5. The Bertz CT molecular complexity index is 1540. The van der Waals surface area contributed by atoms with Gasteiger partial charge in [0.25, 0.3) is 0 Å². The Balaban J connectivity index is 1.62. The molecule has 12 heteroatoms. The molecule has 2 aliphatic heterocycles. The van der Waals surface area contributed by atoms with Gasteiger partial charge >= 0.3 is 18.4 Å². The Labute approximate surface area is 242 Å². The molecular formula is C30H25ClF7NO3. The SMILES string of the molecule is COc1cc(F)c(C(C)C)cc1-c1ccc(C(F)(F)F)cc1C1CC[C@H]2[C@@H](c3cc(Cl)cc(C(F)(F)F)c3)OC(=O)N12. The van der Waals surface area contributed by atoms with Gasteiger partial charge in [-0.15, -0.1) is 0 Å². The van der Waals surface area contributed by atoms with E-state index in [-0.39, 0.29) is 40.7 Å². The third-order valence-electron chi connectivity index (χ3n) is 7.76. The van der Waals surface area contributed by atoms with E-state index in [1.54, 1.807) is 13.8 Å². The predicted molar refractivity (Wildman–Crippen MR) is 141 cm³/mol. The number of alkyl halides is 6. The molecule has 3 aromatic rings. The number of benzene rings is 3. The topological polar surface area (TPSA) is 38.8 Å². The first kappa shape index (κ1) is 30.0. The van der Waals surface area contributed by atoms with Gasteiger partial charge in [-0.05, 0) is 77.4 Å². The first-order valence-electron chi connectivity index (χ1n) is 13.1. The zero-order valence-electron chi connectivity index (χ0n) is 22.5. The van der Waals surface area contributed by atoms with E-state index in [0.29, 0.717) is 16.7 Å². The number of cyclic esters (lactones) is 1. The van der Waals surface area contributed by atoms with Gasteiger partial charge in [-0.3, -0.25) is 4.90 Å². The number of hydrogen-bond acceptors (Lipinski definition) is 3. The van der Waals surface area contributed by atoms with Crippen molar-refractivity contribution in [3.63, 3.8) is 0 Å². The number of carbonyl (C=O) groups excluding carboxylic acids is 1. The molecule has 0 N–H and O–H groups in total. The fraction of sp³-hybridized carbons (Fsp3) is 0.367. The summed E-state index contributed by atoms with van der Waals surface area (Å²) in [5, 5.41) is -0.201. The minimum absolute atomic E-state index is 0.0300. The summed E-state index contributed by atoms with van der Waals surface area (Å²) in [7, 11) is 1.31. The molecule has 224 valence electrons. The highest BCUT2D eigenvalue weighted by Gasteiger charge is 2.51. The van der Waals surface area contributed by atoms with E-state index in [2.05, 4.69) is 0 Å². The van der Waals surface area contributed by atoms with Crippen LogP contribution in [0.3, 0.4) is 0 Å². The number of carbonyl (C=O) groups is 1. The summed E-state index contributed by atoms with van der Waals surface area (Å²) in [6.07, 6.45) is -11.0. The summed E-state index contributed by atoms with van der Waals surface area (Å²) < 4.78 is 108. The normalized spacial score (nSPS) is 20.7. The van der Waals surface area contributed by atoms with Crippen LogP contribution in [0, 0.1) is 5.82 Å². The molecule has 0 spiro atoms. The van der Waals surface area contributed by atoms with E-state index < -0.39 is 53.6 Å². The Morgan fingerprint density at radius 3 is 2.24 bits per heavy atom. The molecule has 3 atom stereocenters. The molecule has 0 radical (unpaired) electrons. The molecule has 2 saturated heterocycles. The van der Waals surface area contributed by atoms with Gasteiger partial charge in [0, 0.05) is 16.7 Å². The zero-order chi connectivity index (χ0) is 30.7. The molecule has 0 aliphatic carbocycles. The van der Waals surface area contributed by atoms with E-state index in [4.69, 9.17) is 21.1 Å². The predicted octanol–water partition coefficient (Wildman–Crippen LogP) is 9.71. The average Bonchev–Trinajstić information content (AvgIpc) is 3.48. The number of fused-ring (bicyclic) bond motifs is 1. The molecular weight excluding hydrogens is 591 g/mol. The van der Waals surface area contributed by atoms with Gasteiger partial charge in [-0.2, -0.15) is 26.3 Å². The fourth-order valence-corrected chi connectivity index (χ4v) is 6.08. The highest BCUT2D eigenvalue weighted by molar-refractivity contribution is 6.30. The van der Waals surface area contributed by atoms with Crippen LogP contribution >= 0.6 is 11.6 Å². The third kappa shape index (κ3) is 5.39. The second kappa shape index (κ2) is 10.7. The quantitative estimate of drug-likeness (QED) is 0.268. The molecule has 4 nitrogen and oxygen atoms in total. The third-order valence-corrected chi connectivity index (χ3v) is 7.98. The van der Waals surface area contributed by atoms with Crippen molar-refractivity contribution >= 4 is 17.7 Å². The number of halogens is 8. The number of hydrogen-bond donors (Lipinski definition) is 0. The molecule has 0 saturated carbocycles. The average molecular weight is 616 g/mol. The van der Waals surface area contributed by atoms with Crippen molar-refractivity contribution in [1.29, 1.82) is 0 Å². The van der Waals surface area contributed by atoms with Gasteiger partial charge < -0.3 is 9.47 Å². The van der Waals surface area contributed by atoms with Gasteiger partial charge in [-0.1, -0.05) is 31.5 Å². The van der Waals surface area contributed by atoms with Crippen molar-refractivity contribution in [1.82, 2.24) is 4.90 Å². The highest BCUT2D eigenvalue weighted by atomic mass is 35.5.